The summed E-state index contributed by atoms with van der Waals surface area (Å²) in [5, 5.41) is 5.61. The third kappa shape index (κ3) is 3.47. The first-order valence-electron chi connectivity index (χ1n) is 6.34. The number of piperazine rings is 1. The molecule has 0 unspecified atom stereocenters. The Kier molecular flexibility index (Phi) is 4.58. The zero-order valence-electron chi connectivity index (χ0n) is 11.2. The van der Waals surface area contributed by atoms with Crippen LogP contribution in [-0.4, -0.2) is 51.9 Å². The van der Waals surface area contributed by atoms with Gasteiger partial charge in [0.05, 0.1) is 0 Å². The maximum absolute atomic E-state index is 12.1. The second kappa shape index (κ2) is 6.21. The first-order chi connectivity index (χ1) is 9.53. The van der Waals surface area contributed by atoms with Crippen molar-refractivity contribution in [3.8, 4) is 0 Å². The molecule has 0 atom stereocenters. The molecule has 0 bridgehead atoms. The Morgan fingerprint density at radius 3 is 2.35 bits per heavy atom. The van der Waals surface area contributed by atoms with Crippen molar-refractivity contribution in [1.29, 1.82) is 0 Å². The molecule has 1 saturated heterocycles. The Balaban J connectivity index is 2.07. The number of rotatable bonds is 4. The lowest BCUT2D eigenvalue weighted by atomic mass is 10.2. The smallest absolute Gasteiger partial charge is 0.301 e. The predicted octanol–water partition coefficient (Wildman–Crippen LogP) is -0.392. The van der Waals surface area contributed by atoms with Crippen LogP contribution in [0.4, 0.5) is 5.69 Å². The molecule has 8 heteroatoms. The molecule has 3 N–H and O–H groups in total. The second-order valence-corrected chi connectivity index (χ2v) is 6.08. The van der Waals surface area contributed by atoms with Crippen molar-refractivity contribution in [3.05, 3.63) is 29.8 Å². The van der Waals surface area contributed by atoms with E-state index in [1.54, 1.807) is 31.3 Å². The summed E-state index contributed by atoms with van der Waals surface area (Å²) in [5.41, 5.74) is 0.925. The van der Waals surface area contributed by atoms with Gasteiger partial charge < -0.3 is 10.6 Å². The van der Waals surface area contributed by atoms with Crippen molar-refractivity contribution in [2.75, 3.05) is 37.9 Å². The maximum Gasteiger partial charge on any atom is 0.301 e. The minimum Gasteiger partial charge on any atom is -0.355 e. The molecule has 1 fully saturated rings. The normalized spacial score (nSPS) is 16.6. The van der Waals surface area contributed by atoms with Gasteiger partial charge in [0.2, 0.25) is 0 Å². The van der Waals surface area contributed by atoms with Gasteiger partial charge in [-0.1, -0.05) is 0 Å². The van der Waals surface area contributed by atoms with E-state index in [-0.39, 0.29) is 5.91 Å². The largest absolute Gasteiger partial charge is 0.355 e. The highest BCUT2D eigenvalue weighted by Gasteiger charge is 2.23. The van der Waals surface area contributed by atoms with Gasteiger partial charge in [-0.2, -0.15) is 12.7 Å². The van der Waals surface area contributed by atoms with E-state index in [1.807, 2.05) is 0 Å². The van der Waals surface area contributed by atoms with E-state index in [2.05, 4.69) is 15.4 Å². The van der Waals surface area contributed by atoms with E-state index < -0.39 is 10.2 Å². The van der Waals surface area contributed by atoms with Gasteiger partial charge in [-0.05, 0) is 24.3 Å². The fourth-order valence-corrected chi connectivity index (χ4v) is 3.16. The standard InChI is InChI=1S/C12H18N4O3S/c1-13-12(17)10-2-4-11(5-3-10)15-20(18,19)16-8-6-14-7-9-16/h2-5,14-15H,6-9H2,1H3,(H,13,17). The first kappa shape index (κ1) is 14.8. The van der Waals surface area contributed by atoms with Gasteiger partial charge in [-0.3, -0.25) is 9.52 Å². The summed E-state index contributed by atoms with van der Waals surface area (Å²) in [4.78, 5) is 11.4. The summed E-state index contributed by atoms with van der Waals surface area (Å²) in [7, 11) is -1.99. The van der Waals surface area contributed by atoms with Crippen LogP contribution in [0.5, 0.6) is 0 Å². The van der Waals surface area contributed by atoms with Gasteiger partial charge in [0.25, 0.3) is 5.91 Å². The Morgan fingerprint density at radius 2 is 1.80 bits per heavy atom. The number of hydrogen-bond donors (Lipinski definition) is 3. The first-order valence-corrected chi connectivity index (χ1v) is 7.78. The summed E-state index contributed by atoms with van der Waals surface area (Å²) >= 11 is 0. The average Bonchev–Trinajstić information content (AvgIpc) is 2.48. The number of carbonyl (C=O) groups is 1. The van der Waals surface area contributed by atoms with Crippen molar-refractivity contribution < 1.29 is 13.2 Å². The van der Waals surface area contributed by atoms with Crippen molar-refractivity contribution in [2.24, 2.45) is 0 Å². The summed E-state index contributed by atoms with van der Waals surface area (Å²) in [6.07, 6.45) is 0. The molecule has 110 valence electrons. The number of hydrogen-bond acceptors (Lipinski definition) is 4. The van der Waals surface area contributed by atoms with Gasteiger partial charge in [-0.15, -0.1) is 0 Å². The van der Waals surface area contributed by atoms with Gasteiger partial charge in [-0.25, -0.2) is 0 Å². The van der Waals surface area contributed by atoms with Crippen molar-refractivity contribution >= 4 is 21.8 Å². The molecule has 1 aliphatic rings. The minimum atomic E-state index is -3.53. The summed E-state index contributed by atoms with van der Waals surface area (Å²) in [5.74, 6) is -0.207. The van der Waals surface area contributed by atoms with Crippen LogP contribution in [0.1, 0.15) is 10.4 Å². The molecule has 1 aromatic rings. The van der Waals surface area contributed by atoms with E-state index in [9.17, 15) is 13.2 Å². The number of anilines is 1. The van der Waals surface area contributed by atoms with Crippen LogP contribution in [0.15, 0.2) is 24.3 Å². The number of amides is 1. The molecule has 1 heterocycles. The van der Waals surface area contributed by atoms with Crippen molar-refractivity contribution in [3.63, 3.8) is 0 Å². The highest BCUT2D eigenvalue weighted by Crippen LogP contribution is 2.13. The quantitative estimate of drug-likeness (QED) is 0.706. The molecular weight excluding hydrogens is 280 g/mol. The van der Waals surface area contributed by atoms with Crippen LogP contribution < -0.4 is 15.4 Å². The van der Waals surface area contributed by atoms with Crippen molar-refractivity contribution in [1.82, 2.24) is 14.9 Å². The van der Waals surface area contributed by atoms with Gasteiger partial charge in [0, 0.05) is 44.5 Å². The van der Waals surface area contributed by atoms with E-state index in [0.29, 0.717) is 37.4 Å². The third-order valence-electron chi connectivity index (χ3n) is 3.04. The van der Waals surface area contributed by atoms with E-state index in [0.717, 1.165) is 0 Å². The fraction of sp³-hybridized carbons (Fsp3) is 0.417. The second-order valence-electron chi connectivity index (χ2n) is 4.41. The molecule has 20 heavy (non-hydrogen) atoms. The lowest BCUT2D eigenvalue weighted by Gasteiger charge is -2.26. The molecule has 0 aliphatic carbocycles. The van der Waals surface area contributed by atoms with E-state index in [4.69, 9.17) is 0 Å². The maximum atomic E-state index is 12.1. The van der Waals surface area contributed by atoms with E-state index in [1.165, 1.54) is 4.31 Å². The van der Waals surface area contributed by atoms with Crippen LogP contribution in [0.2, 0.25) is 0 Å². The highest BCUT2D eigenvalue weighted by molar-refractivity contribution is 7.90. The average molecular weight is 298 g/mol. The van der Waals surface area contributed by atoms with Crippen LogP contribution in [0.3, 0.4) is 0 Å². The number of nitrogens with zero attached hydrogens (tertiary/aromatic N) is 1. The predicted molar refractivity (Wildman–Crippen MR) is 76.8 cm³/mol. The van der Waals surface area contributed by atoms with E-state index >= 15 is 0 Å². The SMILES string of the molecule is CNC(=O)c1ccc(NS(=O)(=O)N2CCNCC2)cc1. The third-order valence-corrected chi connectivity index (χ3v) is 4.58. The molecule has 0 radical (unpaired) electrons. The molecule has 1 amide bonds. The van der Waals surface area contributed by atoms with Gasteiger partial charge >= 0.3 is 10.2 Å². The molecule has 1 aromatic carbocycles. The van der Waals surface area contributed by atoms with Crippen LogP contribution in [0, 0.1) is 0 Å². The lowest BCUT2D eigenvalue weighted by Crippen LogP contribution is -2.48. The Morgan fingerprint density at radius 1 is 1.20 bits per heavy atom. The Bertz CT molecular complexity index is 565. The number of benzene rings is 1. The molecular formula is C12H18N4O3S. The van der Waals surface area contributed by atoms with Gasteiger partial charge in [0.15, 0.2) is 0 Å². The fourth-order valence-electron chi connectivity index (χ4n) is 1.93. The van der Waals surface area contributed by atoms with Crippen LogP contribution in [0.25, 0.3) is 0 Å². The van der Waals surface area contributed by atoms with Crippen LogP contribution in [-0.2, 0) is 10.2 Å². The van der Waals surface area contributed by atoms with Gasteiger partial charge in [0.1, 0.15) is 0 Å². The zero-order chi connectivity index (χ0) is 14.6. The number of carbonyl (C=O) groups excluding carboxylic acids is 1. The lowest BCUT2D eigenvalue weighted by molar-refractivity contribution is 0.0963. The molecule has 0 aromatic heterocycles. The molecule has 2 rings (SSSR count). The zero-order valence-corrected chi connectivity index (χ0v) is 12.0. The number of nitrogens with one attached hydrogen (secondary N) is 3. The Hall–Kier alpha value is -1.64. The molecule has 7 nitrogen and oxygen atoms in total. The summed E-state index contributed by atoms with van der Waals surface area (Å²) < 4.78 is 28.2. The monoisotopic (exact) mass is 298 g/mol. The van der Waals surface area contributed by atoms with Crippen molar-refractivity contribution in [2.45, 2.75) is 0 Å². The topological polar surface area (TPSA) is 90.5 Å². The molecule has 0 saturated carbocycles. The molecule has 1 aliphatic heterocycles. The summed E-state index contributed by atoms with van der Waals surface area (Å²) in [6, 6.07) is 6.30. The summed E-state index contributed by atoms with van der Waals surface area (Å²) in [6.45, 7) is 2.20. The minimum absolute atomic E-state index is 0.207. The molecule has 0 spiro atoms. The highest BCUT2D eigenvalue weighted by atomic mass is 32.2. The Labute approximate surface area is 118 Å². The van der Waals surface area contributed by atoms with Crippen LogP contribution >= 0.6 is 0 Å².